The molecule has 1 saturated carbocycles. The Labute approximate surface area is 116 Å². The standard InChI is InChI=1S/C15H28N2O2/c1-7-10-14(18)17(13(16-10)9(2)3)11-8-12(19-6)15(11,4)5/h9-13,16H,7-8H2,1-6H3. The maximum Gasteiger partial charge on any atom is 0.241 e. The third-order valence-electron chi connectivity index (χ3n) is 5.01. The summed E-state index contributed by atoms with van der Waals surface area (Å²) >= 11 is 0. The second-order valence-corrected chi connectivity index (χ2v) is 6.86. The smallest absolute Gasteiger partial charge is 0.241 e. The van der Waals surface area contributed by atoms with Crippen LogP contribution in [0.4, 0.5) is 0 Å². The first-order valence-electron chi connectivity index (χ1n) is 7.45. The Morgan fingerprint density at radius 3 is 2.53 bits per heavy atom. The highest BCUT2D eigenvalue weighted by Crippen LogP contribution is 2.47. The number of amides is 1. The van der Waals surface area contributed by atoms with Crippen LogP contribution >= 0.6 is 0 Å². The molecule has 2 aliphatic rings. The van der Waals surface area contributed by atoms with E-state index in [0.717, 1.165) is 12.8 Å². The van der Waals surface area contributed by atoms with E-state index >= 15 is 0 Å². The number of ether oxygens (including phenoxy) is 1. The molecule has 4 atom stereocenters. The van der Waals surface area contributed by atoms with E-state index in [9.17, 15) is 4.79 Å². The minimum Gasteiger partial charge on any atom is -0.381 e. The summed E-state index contributed by atoms with van der Waals surface area (Å²) in [5.41, 5.74) is 0.0435. The molecule has 1 aliphatic carbocycles. The summed E-state index contributed by atoms with van der Waals surface area (Å²) in [7, 11) is 1.77. The van der Waals surface area contributed by atoms with Crippen LogP contribution in [0.15, 0.2) is 0 Å². The molecule has 1 heterocycles. The number of nitrogens with zero attached hydrogens (tertiary/aromatic N) is 1. The molecular formula is C15H28N2O2. The average Bonchev–Trinajstić information content (AvgIpc) is 2.66. The predicted octanol–water partition coefficient (Wildman–Crippen LogP) is 1.99. The molecular weight excluding hydrogens is 240 g/mol. The van der Waals surface area contributed by atoms with Crippen molar-refractivity contribution in [3.05, 3.63) is 0 Å². The lowest BCUT2D eigenvalue weighted by Gasteiger charge is -2.56. The number of hydrogen-bond donors (Lipinski definition) is 1. The summed E-state index contributed by atoms with van der Waals surface area (Å²) in [6, 6.07) is 0.284. The second kappa shape index (κ2) is 5.06. The highest BCUT2D eigenvalue weighted by molar-refractivity contribution is 5.84. The number of rotatable bonds is 4. The number of nitrogens with one attached hydrogen (secondary N) is 1. The maximum absolute atomic E-state index is 12.6. The van der Waals surface area contributed by atoms with Crippen molar-refractivity contribution >= 4 is 5.91 Å². The Bertz CT molecular complexity index is 354. The highest BCUT2D eigenvalue weighted by Gasteiger charge is 2.56. The van der Waals surface area contributed by atoms with Gasteiger partial charge in [-0.25, -0.2) is 0 Å². The van der Waals surface area contributed by atoms with E-state index in [1.165, 1.54) is 0 Å². The van der Waals surface area contributed by atoms with Crippen LogP contribution in [0, 0.1) is 11.3 Å². The first-order chi connectivity index (χ1) is 8.84. The predicted molar refractivity (Wildman–Crippen MR) is 75.7 cm³/mol. The van der Waals surface area contributed by atoms with E-state index in [1.807, 2.05) is 0 Å². The molecule has 4 unspecified atom stereocenters. The maximum atomic E-state index is 12.6. The van der Waals surface area contributed by atoms with Crippen molar-refractivity contribution in [1.82, 2.24) is 10.2 Å². The molecule has 2 fully saturated rings. The van der Waals surface area contributed by atoms with E-state index in [2.05, 4.69) is 44.8 Å². The van der Waals surface area contributed by atoms with Gasteiger partial charge in [-0.1, -0.05) is 34.6 Å². The van der Waals surface area contributed by atoms with E-state index in [0.29, 0.717) is 12.0 Å². The summed E-state index contributed by atoms with van der Waals surface area (Å²) in [6.07, 6.45) is 2.24. The van der Waals surface area contributed by atoms with Crippen LogP contribution in [0.2, 0.25) is 0 Å². The molecule has 4 heteroatoms. The normalized spacial score (nSPS) is 37.8. The van der Waals surface area contributed by atoms with Crippen molar-refractivity contribution in [1.29, 1.82) is 0 Å². The fourth-order valence-corrected chi connectivity index (χ4v) is 3.56. The molecule has 2 rings (SSSR count). The van der Waals surface area contributed by atoms with Gasteiger partial charge in [-0.2, -0.15) is 0 Å². The monoisotopic (exact) mass is 268 g/mol. The van der Waals surface area contributed by atoms with Gasteiger partial charge in [0.25, 0.3) is 0 Å². The van der Waals surface area contributed by atoms with Crippen LogP contribution in [0.3, 0.4) is 0 Å². The zero-order valence-corrected chi connectivity index (χ0v) is 13.1. The molecule has 0 aromatic rings. The molecule has 1 aliphatic heterocycles. The molecule has 1 amide bonds. The van der Waals surface area contributed by atoms with Crippen molar-refractivity contribution in [2.45, 2.75) is 71.8 Å². The summed E-state index contributed by atoms with van der Waals surface area (Å²) in [5, 5.41) is 3.50. The van der Waals surface area contributed by atoms with Crippen LogP contribution in [-0.2, 0) is 9.53 Å². The van der Waals surface area contributed by atoms with Crippen LogP contribution in [-0.4, -0.2) is 42.3 Å². The van der Waals surface area contributed by atoms with Crippen LogP contribution < -0.4 is 5.32 Å². The number of methoxy groups -OCH3 is 1. The Morgan fingerprint density at radius 2 is 2.11 bits per heavy atom. The second-order valence-electron chi connectivity index (χ2n) is 6.86. The van der Waals surface area contributed by atoms with Crippen LogP contribution in [0.25, 0.3) is 0 Å². The first-order valence-corrected chi connectivity index (χ1v) is 7.45. The van der Waals surface area contributed by atoms with Crippen molar-refractivity contribution < 1.29 is 9.53 Å². The van der Waals surface area contributed by atoms with Gasteiger partial charge in [0.1, 0.15) is 0 Å². The fraction of sp³-hybridized carbons (Fsp3) is 0.933. The van der Waals surface area contributed by atoms with Gasteiger partial charge in [0.15, 0.2) is 0 Å². The van der Waals surface area contributed by atoms with Gasteiger partial charge in [0, 0.05) is 18.6 Å². The van der Waals surface area contributed by atoms with E-state index in [-0.39, 0.29) is 29.6 Å². The molecule has 19 heavy (non-hydrogen) atoms. The molecule has 0 aromatic heterocycles. The Kier molecular flexibility index (Phi) is 3.94. The minimum absolute atomic E-state index is 0.00945. The highest BCUT2D eigenvalue weighted by atomic mass is 16.5. The summed E-state index contributed by atoms with van der Waals surface area (Å²) in [4.78, 5) is 14.7. The van der Waals surface area contributed by atoms with Gasteiger partial charge < -0.3 is 9.64 Å². The lowest BCUT2D eigenvalue weighted by Crippen LogP contribution is -2.65. The quantitative estimate of drug-likeness (QED) is 0.848. The number of hydrogen-bond acceptors (Lipinski definition) is 3. The van der Waals surface area contributed by atoms with Crippen molar-refractivity contribution in [2.75, 3.05) is 7.11 Å². The molecule has 0 aromatic carbocycles. The van der Waals surface area contributed by atoms with Crippen molar-refractivity contribution in [2.24, 2.45) is 11.3 Å². The Balaban J connectivity index is 2.20. The Morgan fingerprint density at radius 1 is 1.47 bits per heavy atom. The van der Waals surface area contributed by atoms with Gasteiger partial charge in [0.2, 0.25) is 5.91 Å². The molecule has 1 N–H and O–H groups in total. The number of carbonyl (C=O) groups excluding carboxylic acids is 1. The fourth-order valence-electron chi connectivity index (χ4n) is 3.56. The lowest BCUT2D eigenvalue weighted by molar-refractivity contribution is -0.164. The van der Waals surface area contributed by atoms with E-state index in [1.54, 1.807) is 7.11 Å². The summed E-state index contributed by atoms with van der Waals surface area (Å²) in [6.45, 7) is 10.8. The van der Waals surface area contributed by atoms with Crippen molar-refractivity contribution in [3.8, 4) is 0 Å². The third-order valence-corrected chi connectivity index (χ3v) is 5.01. The van der Waals surface area contributed by atoms with Gasteiger partial charge >= 0.3 is 0 Å². The zero-order valence-electron chi connectivity index (χ0n) is 13.1. The molecule has 1 saturated heterocycles. The topological polar surface area (TPSA) is 41.6 Å². The summed E-state index contributed by atoms with van der Waals surface area (Å²) < 4.78 is 5.52. The number of carbonyl (C=O) groups is 1. The largest absolute Gasteiger partial charge is 0.381 e. The Hall–Kier alpha value is -0.610. The van der Waals surface area contributed by atoms with Crippen molar-refractivity contribution in [3.63, 3.8) is 0 Å². The zero-order chi connectivity index (χ0) is 14.4. The average molecular weight is 268 g/mol. The molecule has 0 bridgehead atoms. The van der Waals surface area contributed by atoms with Crippen LogP contribution in [0.5, 0.6) is 0 Å². The van der Waals surface area contributed by atoms with Gasteiger partial charge in [-0.05, 0) is 18.8 Å². The van der Waals surface area contributed by atoms with Gasteiger partial charge in [-0.3, -0.25) is 10.1 Å². The van der Waals surface area contributed by atoms with E-state index < -0.39 is 0 Å². The SMILES string of the molecule is CCC1NC(C(C)C)N(C2CC(OC)C2(C)C)C1=O. The van der Waals surface area contributed by atoms with E-state index in [4.69, 9.17) is 4.74 Å². The molecule has 4 nitrogen and oxygen atoms in total. The minimum atomic E-state index is -0.00945. The summed E-state index contributed by atoms with van der Waals surface area (Å²) in [5.74, 6) is 0.701. The van der Waals surface area contributed by atoms with Crippen LogP contribution in [0.1, 0.15) is 47.5 Å². The lowest BCUT2D eigenvalue weighted by atomic mass is 9.63. The van der Waals surface area contributed by atoms with Gasteiger partial charge in [-0.15, -0.1) is 0 Å². The molecule has 110 valence electrons. The van der Waals surface area contributed by atoms with Gasteiger partial charge in [0.05, 0.1) is 18.3 Å². The first kappa shape index (κ1) is 14.8. The third kappa shape index (κ3) is 2.19. The molecule has 0 radical (unpaired) electrons. The molecule has 0 spiro atoms.